The minimum absolute atomic E-state index is 0.137. The average molecular weight is 371 g/mol. The number of aryl methyl sites for hydroxylation is 2. The molecule has 0 saturated heterocycles. The molecule has 5 nitrogen and oxygen atoms in total. The summed E-state index contributed by atoms with van der Waals surface area (Å²) in [6, 6.07) is 11.5. The Labute approximate surface area is 161 Å². The Morgan fingerprint density at radius 3 is 2.26 bits per heavy atom. The highest BCUT2D eigenvalue weighted by Gasteiger charge is 2.21. The van der Waals surface area contributed by atoms with Gasteiger partial charge < -0.3 is 19.5 Å². The van der Waals surface area contributed by atoms with Gasteiger partial charge in [-0.25, -0.2) is 0 Å². The minimum Gasteiger partial charge on any atom is -0.493 e. The molecule has 0 aromatic heterocycles. The first-order chi connectivity index (χ1) is 12.9. The summed E-state index contributed by atoms with van der Waals surface area (Å²) in [6.45, 7) is 7.79. The molecule has 1 amide bonds. The Morgan fingerprint density at radius 1 is 1.00 bits per heavy atom. The smallest absolute Gasteiger partial charge is 0.261 e. The van der Waals surface area contributed by atoms with Crippen molar-refractivity contribution in [2.24, 2.45) is 0 Å². The monoisotopic (exact) mass is 371 g/mol. The predicted octanol–water partition coefficient (Wildman–Crippen LogP) is 4.36. The van der Waals surface area contributed by atoms with Crippen molar-refractivity contribution >= 4 is 5.91 Å². The standard InChI is InChI=1S/C22H29NO4/c1-7-18(17-9-11-20(25-5)21(13-17)26-6)23-22(24)16(4)27-19-10-8-14(2)12-15(19)3/h8-13,16,18H,7H2,1-6H3,(H,23,24)/t16-,18+/m1/s1. The Kier molecular flexibility index (Phi) is 7.11. The number of methoxy groups -OCH3 is 2. The van der Waals surface area contributed by atoms with Crippen LogP contribution in [0.2, 0.25) is 0 Å². The van der Waals surface area contributed by atoms with Crippen molar-refractivity contribution < 1.29 is 19.0 Å². The van der Waals surface area contributed by atoms with Gasteiger partial charge in [-0.05, 0) is 56.5 Å². The number of hydrogen-bond acceptors (Lipinski definition) is 4. The molecule has 0 radical (unpaired) electrons. The summed E-state index contributed by atoms with van der Waals surface area (Å²) in [5, 5.41) is 3.06. The normalized spacial score (nSPS) is 12.8. The van der Waals surface area contributed by atoms with Gasteiger partial charge >= 0.3 is 0 Å². The van der Waals surface area contributed by atoms with E-state index in [1.807, 2.05) is 57.2 Å². The lowest BCUT2D eigenvalue weighted by atomic mass is 10.0. The van der Waals surface area contributed by atoms with Crippen molar-refractivity contribution in [2.75, 3.05) is 14.2 Å². The van der Waals surface area contributed by atoms with Gasteiger partial charge in [-0.1, -0.05) is 30.7 Å². The fourth-order valence-corrected chi connectivity index (χ4v) is 2.96. The van der Waals surface area contributed by atoms with Crippen molar-refractivity contribution in [3.8, 4) is 17.2 Å². The third-order valence-corrected chi connectivity index (χ3v) is 4.54. The average Bonchev–Trinajstić information content (AvgIpc) is 2.67. The van der Waals surface area contributed by atoms with E-state index in [0.717, 1.165) is 28.9 Å². The molecule has 5 heteroatoms. The van der Waals surface area contributed by atoms with Gasteiger partial charge in [0.25, 0.3) is 5.91 Å². The number of amides is 1. The fraction of sp³-hybridized carbons (Fsp3) is 0.409. The third-order valence-electron chi connectivity index (χ3n) is 4.54. The van der Waals surface area contributed by atoms with E-state index < -0.39 is 6.10 Å². The zero-order valence-corrected chi connectivity index (χ0v) is 17.0. The summed E-state index contributed by atoms with van der Waals surface area (Å²) >= 11 is 0. The van der Waals surface area contributed by atoms with E-state index in [0.29, 0.717) is 11.5 Å². The SMILES string of the molecule is CC[C@H](NC(=O)[C@@H](C)Oc1ccc(C)cc1C)c1ccc(OC)c(OC)c1. The van der Waals surface area contributed by atoms with Gasteiger partial charge in [0, 0.05) is 0 Å². The van der Waals surface area contributed by atoms with E-state index in [2.05, 4.69) is 5.32 Å². The van der Waals surface area contributed by atoms with Crippen LogP contribution in [0.5, 0.6) is 17.2 Å². The molecule has 1 N–H and O–H groups in total. The lowest BCUT2D eigenvalue weighted by molar-refractivity contribution is -0.128. The quantitative estimate of drug-likeness (QED) is 0.749. The van der Waals surface area contributed by atoms with Gasteiger partial charge in [0.05, 0.1) is 20.3 Å². The number of rotatable bonds is 8. The third kappa shape index (κ3) is 5.16. The molecule has 27 heavy (non-hydrogen) atoms. The molecule has 0 unspecified atom stereocenters. The largest absolute Gasteiger partial charge is 0.493 e. The number of carbonyl (C=O) groups is 1. The van der Waals surface area contributed by atoms with Crippen LogP contribution in [0, 0.1) is 13.8 Å². The Morgan fingerprint density at radius 2 is 1.67 bits per heavy atom. The van der Waals surface area contributed by atoms with Crippen LogP contribution in [0.1, 0.15) is 43.0 Å². The van der Waals surface area contributed by atoms with Crippen LogP contribution in [0.25, 0.3) is 0 Å². The first kappa shape index (κ1) is 20.6. The van der Waals surface area contributed by atoms with Crippen molar-refractivity contribution in [3.63, 3.8) is 0 Å². The summed E-state index contributed by atoms with van der Waals surface area (Å²) in [5.41, 5.74) is 3.14. The van der Waals surface area contributed by atoms with Crippen LogP contribution < -0.4 is 19.5 Å². The second-order valence-electron chi connectivity index (χ2n) is 6.61. The summed E-state index contributed by atoms with van der Waals surface area (Å²) in [5.74, 6) is 1.87. The Bertz CT molecular complexity index is 788. The van der Waals surface area contributed by atoms with E-state index in [1.54, 1.807) is 21.1 Å². The van der Waals surface area contributed by atoms with Gasteiger partial charge in [-0.2, -0.15) is 0 Å². The van der Waals surface area contributed by atoms with Crippen molar-refractivity contribution in [3.05, 3.63) is 53.1 Å². The molecular formula is C22H29NO4. The zero-order chi connectivity index (χ0) is 20.0. The number of carbonyl (C=O) groups excluding carboxylic acids is 1. The molecule has 0 heterocycles. The molecule has 0 saturated carbocycles. The van der Waals surface area contributed by atoms with Gasteiger partial charge in [0.15, 0.2) is 17.6 Å². The van der Waals surface area contributed by atoms with E-state index in [4.69, 9.17) is 14.2 Å². The van der Waals surface area contributed by atoms with Crippen molar-refractivity contribution in [1.82, 2.24) is 5.32 Å². The zero-order valence-electron chi connectivity index (χ0n) is 17.0. The summed E-state index contributed by atoms with van der Waals surface area (Å²) < 4.78 is 16.5. The molecule has 2 atom stereocenters. The maximum absolute atomic E-state index is 12.7. The number of nitrogens with one attached hydrogen (secondary N) is 1. The topological polar surface area (TPSA) is 56.8 Å². The van der Waals surface area contributed by atoms with Crippen molar-refractivity contribution in [1.29, 1.82) is 0 Å². The molecule has 0 aliphatic rings. The fourth-order valence-electron chi connectivity index (χ4n) is 2.96. The van der Waals surface area contributed by atoms with E-state index in [-0.39, 0.29) is 11.9 Å². The van der Waals surface area contributed by atoms with Crippen LogP contribution in [-0.4, -0.2) is 26.2 Å². The summed E-state index contributed by atoms with van der Waals surface area (Å²) in [6.07, 6.45) is 0.151. The highest BCUT2D eigenvalue weighted by molar-refractivity contribution is 5.81. The van der Waals surface area contributed by atoms with Gasteiger partial charge in [-0.3, -0.25) is 4.79 Å². The highest BCUT2D eigenvalue weighted by atomic mass is 16.5. The second kappa shape index (κ2) is 9.31. The van der Waals surface area contributed by atoms with Crippen LogP contribution in [0.4, 0.5) is 0 Å². The molecule has 0 spiro atoms. The maximum atomic E-state index is 12.7. The highest BCUT2D eigenvalue weighted by Crippen LogP contribution is 2.31. The minimum atomic E-state index is -0.597. The van der Waals surface area contributed by atoms with Crippen LogP contribution in [0.15, 0.2) is 36.4 Å². The number of hydrogen-bond donors (Lipinski definition) is 1. The molecule has 0 aliphatic heterocycles. The molecule has 0 bridgehead atoms. The molecule has 2 aromatic carbocycles. The van der Waals surface area contributed by atoms with Gasteiger partial charge in [0.1, 0.15) is 5.75 Å². The molecule has 146 valence electrons. The number of ether oxygens (including phenoxy) is 3. The lowest BCUT2D eigenvalue weighted by Gasteiger charge is -2.22. The van der Waals surface area contributed by atoms with Crippen LogP contribution >= 0.6 is 0 Å². The first-order valence-corrected chi connectivity index (χ1v) is 9.15. The molecular weight excluding hydrogens is 342 g/mol. The van der Waals surface area contributed by atoms with Gasteiger partial charge in [-0.15, -0.1) is 0 Å². The van der Waals surface area contributed by atoms with Crippen molar-refractivity contribution in [2.45, 2.75) is 46.3 Å². The Hall–Kier alpha value is -2.69. The maximum Gasteiger partial charge on any atom is 0.261 e. The Balaban J connectivity index is 2.09. The van der Waals surface area contributed by atoms with E-state index in [1.165, 1.54) is 0 Å². The van der Waals surface area contributed by atoms with Crippen LogP contribution in [0.3, 0.4) is 0 Å². The molecule has 0 fully saturated rings. The number of benzene rings is 2. The van der Waals surface area contributed by atoms with E-state index >= 15 is 0 Å². The van der Waals surface area contributed by atoms with E-state index in [9.17, 15) is 4.79 Å². The second-order valence-corrected chi connectivity index (χ2v) is 6.61. The van der Waals surface area contributed by atoms with Gasteiger partial charge in [0.2, 0.25) is 0 Å². The lowest BCUT2D eigenvalue weighted by Crippen LogP contribution is -2.38. The van der Waals surface area contributed by atoms with Crippen LogP contribution in [-0.2, 0) is 4.79 Å². The predicted molar refractivity (Wildman–Crippen MR) is 107 cm³/mol. The molecule has 2 aromatic rings. The first-order valence-electron chi connectivity index (χ1n) is 9.15. The summed E-state index contributed by atoms with van der Waals surface area (Å²) in [7, 11) is 3.20. The molecule has 2 rings (SSSR count). The summed E-state index contributed by atoms with van der Waals surface area (Å²) in [4.78, 5) is 12.7. The molecule has 0 aliphatic carbocycles.